The number of carbonyl (C=O) groups excluding carboxylic acids is 2. The second-order valence-corrected chi connectivity index (χ2v) is 3.67. The molecule has 0 saturated carbocycles. The molecule has 0 N–H and O–H groups in total. The second kappa shape index (κ2) is 3.88. The number of esters is 1. The first-order valence-electron chi connectivity index (χ1n) is 4.94. The van der Waals surface area contributed by atoms with Crippen molar-refractivity contribution >= 4 is 11.8 Å². The van der Waals surface area contributed by atoms with Crippen molar-refractivity contribution in [2.75, 3.05) is 0 Å². The van der Waals surface area contributed by atoms with Gasteiger partial charge in [0.25, 0.3) is 6.29 Å². The summed E-state index contributed by atoms with van der Waals surface area (Å²) in [5.41, 5.74) is 0.544. The highest BCUT2D eigenvalue weighted by molar-refractivity contribution is 5.91. The largest absolute Gasteiger partial charge is 0.455 e. The lowest BCUT2D eigenvalue weighted by atomic mass is 10.1. The highest BCUT2D eigenvalue weighted by Crippen LogP contribution is 2.22. The molecule has 0 spiro atoms. The Bertz CT molecular complexity index is 365. The van der Waals surface area contributed by atoms with Crippen LogP contribution in [0.5, 0.6) is 0 Å². The van der Waals surface area contributed by atoms with Gasteiger partial charge in [-0.1, -0.05) is 0 Å². The van der Waals surface area contributed by atoms with E-state index in [1.807, 2.05) is 0 Å². The average Bonchev–Trinajstić information content (AvgIpc) is 2.45. The zero-order chi connectivity index (χ0) is 10.8. The van der Waals surface area contributed by atoms with E-state index in [0.717, 1.165) is 12.8 Å². The molecule has 2 aliphatic rings. The molecule has 4 nitrogen and oxygen atoms in total. The molecule has 0 radical (unpaired) electrons. The van der Waals surface area contributed by atoms with Crippen LogP contribution in [0.3, 0.4) is 0 Å². The molecular formula is C11H12O4. The zero-order valence-electron chi connectivity index (χ0n) is 8.49. The third-order valence-electron chi connectivity index (χ3n) is 2.37. The van der Waals surface area contributed by atoms with Gasteiger partial charge in [0.1, 0.15) is 5.76 Å². The average molecular weight is 208 g/mol. The monoisotopic (exact) mass is 208 g/mol. The smallest absolute Gasteiger partial charge is 0.336 e. The van der Waals surface area contributed by atoms with Gasteiger partial charge in [0.05, 0.1) is 0 Å². The lowest BCUT2D eigenvalue weighted by Crippen LogP contribution is -2.15. The number of carbonyl (C=O) groups is 2. The van der Waals surface area contributed by atoms with Crippen molar-refractivity contribution < 1.29 is 19.1 Å². The van der Waals surface area contributed by atoms with Crippen LogP contribution in [0.4, 0.5) is 0 Å². The highest BCUT2D eigenvalue weighted by Gasteiger charge is 2.25. The molecule has 0 aromatic heterocycles. The molecule has 1 atom stereocenters. The van der Waals surface area contributed by atoms with Crippen LogP contribution in [0.15, 0.2) is 23.5 Å². The van der Waals surface area contributed by atoms with Gasteiger partial charge in [0, 0.05) is 30.6 Å². The summed E-state index contributed by atoms with van der Waals surface area (Å²) in [5.74, 6) is 0.319. The van der Waals surface area contributed by atoms with E-state index in [1.165, 1.54) is 6.08 Å². The molecule has 0 aromatic carbocycles. The summed E-state index contributed by atoms with van der Waals surface area (Å²) in [6.45, 7) is 1.67. The molecule has 1 heterocycles. The molecule has 2 rings (SSSR count). The first-order valence-corrected chi connectivity index (χ1v) is 4.94. The van der Waals surface area contributed by atoms with Gasteiger partial charge in [-0.15, -0.1) is 0 Å². The lowest BCUT2D eigenvalue weighted by molar-refractivity contribution is -0.154. The molecule has 1 aliphatic heterocycles. The van der Waals surface area contributed by atoms with E-state index in [9.17, 15) is 9.59 Å². The highest BCUT2D eigenvalue weighted by atomic mass is 16.7. The molecule has 4 heteroatoms. The summed E-state index contributed by atoms with van der Waals surface area (Å²) in [6, 6.07) is 0. The van der Waals surface area contributed by atoms with E-state index in [-0.39, 0.29) is 11.8 Å². The summed E-state index contributed by atoms with van der Waals surface area (Å²) in [7, 11) is 0. The lowest BCUT2D eigenvalue weighted by Gasteiger charge is -2.16. The predicted octanol–water partition coefficient (Wildman–Crippen LogP) is 1.47. The van der Waals surface area contributed by atoms with E-state index in [4.69, 9.17) is 9.47 Å². The number of ketones is 1. The fraction of sp³-hybridized carbons (Fsp3) is 0.455. The SMILES string of the molecule is CC1=CC(OC2=CC(=O)CCC2)OC1=O. The van der Waals surface area contributed by atoms with E-state index in [1.54, 1.807) is 13.0 Å². The van der Waals surface area contributed by atoms with Crippen LogP contribution >= 0.6 is 0 Å². The maximum absolute atomic E-state index is 11.1. The first-order chi connectivity index (χ1) is 7.15. The van der Waals surface area contributed by atoms with Gasteiger partial charge in [-0.3, -0.25) is 4.79 Å². The molecule has 0 fully saturated rings. The number of ether oxygens (including phenoxy) is 2. The van der Waals surface area contributed by atoms with Crippen molar-refractivity contribution in [1.29, 1.82) is 0 Å². The molecule has 0 saturated heterocycles. The third-order valence-corrected chi connectivity index (χ3v) is 2.37. The minimum atomic E-state index is -0.658. The summed E-state index contributed by atoms with van der Waals surface area (Å²) >= 11 is 0. The van der Waals surface area contributed by atoms with Crippen LogP contribution in [-0.4, -0.2) is 18.0 Å². The number of cyclic esters (lactones) is 1. The Morgan fingerprint density at radius 2 is 2.20 bits per heavy atom. The molecule has 0 aromatic rings. The molecule has 0 bridgehead atoms. The van der Waals surface area contributed by atoms with Crippen LogP contribution < -0.4 is 0 Å². The fourth-order valence-corrected chi connectivity index (χ4v) is 1.57. The van der Waals surface area contributed by atoms with Crippen LogP contribution in [0.2, 0.25) is 0 Å². The Morgan fingerprint density at radius 3 is 2.80 bits per heavy atom. The minimum Gasteiger partial charge on any atom is -0.455 e. The molecule has 80 valence electrons. The fourth-order valence-electron chi connectivity index (χ4n) is 1.57. The maximum atomic E-state index is 11.1. The minimum absolute atomic E-state index is 0.0706. The van der Waals surface area contributed by atoms with Gasteiger partial charge in [-0.2, -0.15) is 0 Å². The van der Waals surface area contributed by atoms with Gasteiger partial charge >= 0.3 is 5.97 Å². The van der Waals surface area contributed by atoms with Gasteiger partial charge in [0.15, 0.2) is 5.78 Å². The summed E-state index contributed by atoms with van der Waals surface area (Å²) < 4.78 is 10.3. The van der Waals surface area contributed by atoms with E-state index in [2.05, 4.69) is 0 Å². The zero-order valence-corrected chi connectivity index (χ0v) is 8.49. The summed E-state index contributed by atoms with van der Waals surface area (Å²) in [5, 5.41) is 0. The standard InChI is InChI=1S/C11H12O4/c1-7-5-10(15-11(7)13)14-9-4-2-3-8(12)6-9/h5-6,10H,2-4H2,1H3. The normalized spacial score (nSPS) is 25.8. The van der Waals surface area contributed by atoms with Gasteiger partial charge in [0.2, 0.25) is 0 Å². The molecule has 0 amide bonds. The number of hydrogen-bond acceptors (Lipinski definition) is 4. The van der Waals surface area contributed by atoms with E-state index < -0.39 is 6.29 Å². The quantitative estimate of drug-likeness (QED) is 0.645. The van der Waals surface area contributed by atoms with Crippen molar-refractivity contribution in [2.24, 2.45) is 0 Å². The number of hydrogen-bond donors (Lipinski definition) is 0. The summed E-state index contributed by atoms with van der Waals surface area (Å²) in [4.78, 5) is 22.1. The second-order valence-electron chi connectivity index (χ2n) is 3.67. The number of rotatable bonds is 2. The van der Waals surface area contributed by atoms with Crippen LogP contribution in [0, 0.1) is 0 Å². The molecule has 15 heavy (non-hydrogen) atoms. The Balaban J connectivity index is 1.99. The number of allylic oxidation sites excluding steroid dienone is 2. The van der Waals surface area contributed by atoms with Crippen LogP contribution in [0.25, 0.3) is 0 Å². The van der Waals surface area contributed by atoms with Crippen molar-refractivity contribution in [3.63, 3.8) is 0 Å². The van der Waals surface area contributed by atoms with Crippen LogP contribution in [0.1, 0.15) is 26.2 Å². The Labute approximate surface area is 87.5 Å². The molecule has 1 aliphatic carbocycles. The van der Waals surface area contributed by atoms with Gasteiger partial charge in [-0.25, -0.2) is 4.79 Å². The van der Waals surface area contributed by atoms with Crippen molar-refractivity contribution in [1.82, 2.24) is 0 Å². The predicted molar refractivity (Wildman–Crippen MR) is 51.7 cm³/mol. The molecular weight excluding hydrogens is 196 g/mol. The van der Waals surface area contributed by atoms with Crippen molar-refractivity contribution in [3.05, 3.63) is 23.5 Å². The van der Waals surface area contributed by atoms with Crippen LogP contribution in [-0.2, 0) is 19.1 Å². The maximum Gasteiger partial charge on any atom is 0.336 e. The van der Waals surface area contributed by atoms with Gasteiger partial charge in [-0.05, 0) is 13.3 Å². The van der Waals surface area contributed by atoms with E-state index >= 15 is 0 Å². The van der Waals surface area contributed by atoms with Crippen molar-refractivity contribution in [3.8, 4) is 0 Å². The Kier molecular flexibility index (Phi) is 2.58. The topological polar surface area (TPSA) is 52.6 Å². The van der Waals surface area contributed by atoms with Crippen molar-refractivity contribution in [2.45, 2.75) is 32.5 Å². The van der Waals surface area contributed by atoms with Gasteiger partial charge < -0.3 is 9.47 Å². The summed E-state index contributed by atoms with van der Waals surface area (Å²) in [6.07, 6.45) is 4.54. The third kappa shape index (κ3) is 2.26. The Hall–Kier alpha value is -1.58. The molecule has 1 unspecified atom stereocenters. The van der Waals surface area contributed by atoms with E-state index in [0.29, 0.717) is 17.8 Å². The first kappa shape index (κ1) is 9.96. The Morgan fingerprint density at radius 1 is 1.40 bits per heavy atom.